The van der Waals surface area contributed by atoms with Crippen molar-refractivity contribution in [1.82, 2.24) is 15.3 Å². The lowest BCUT2D eigenvalue weighted by atomic mass is 9.96. The molecule has 0 aliphatic carbocycles. The molecule has 1 fully saturated rings. The molecule has 3 heterocycles. The molecule has 1 aromatic carbocycles. The molecule has 1 aliphatic rings. The van der Waals surface area contributed by atoms with Gasteiger partial charge in [-0.15, -0.1) is 0 Å². The third-order valence-electron chi connectivity index (χ3n) is 5.23. The van der Waals surface area contributed by atoms with E-state index in [9.17, 15) is 4.79 Å². The van der Waals surface area contributed by atoms with Crippen molar-refractivity contribution in [3.8, 4) is 0 Å². The first-order chi connectivity index (χ1) is 13.1. The number of nitrogens with one attached hydrogen (secondary N) is 1. The minimum absolute atomic E-state index is 0.0729. The Kier molecular flexibility index (Phi) is 5.07. The number of carbonyl (C=O) groups excluding carboxylic acids is 1. The Labute approximate surface area is 163 Å². The standard InChI is InChI=1S/C21H24N4OS/c1-14-3-4-18-15(2)23-21(24-19(18)11-14)25-8-5-17(6-9-25)20(26)22-12-16-7-10-27-13-16/h3-4,7,10-11,13,17H,5-6,8-9,12H2,1-2H3,(H,22,26). The lowest BCUT2D eigenvalue weighted by Gasteiger charge is -2.31. The predicted octanol–water partition coefficient (Wildman–Crippen LogP) is 3.84. The van der Waals surface area contributed by atoms with Crippen LogP contribution in [0, 0.1) is 19.8 Å². The lowest BCUT2D eigenvalue weighted by molar-refractivity contribution is -0.125. The van der Waals surface area contributed by atoms with Crippen LogP contribution in [-0.4, -0.2) is 29.0 Å². The number of anilines is 1. The number of fused-ring (bicyclic) bond motifs is 1. The number of aromatic nitrogens is 2. The molecule has 4 rings (SSSR count). The van der Waals surface area contributed by atoms with Crippen LogP contribution in [0.3, 0.4) is 0 Å². The van der Waals surface area contributed by atoms with Crippen LogP contribution in [0.1, 0.15) is 29.7 Å². The average molecular weight is 381 g/mol. The van der Waals surface area contributed by atoms with Gasteiger partial charge in [0.25, 0.3) is 0 Å². The Morgan fingerprint density at radius 3 is 2.78 bits per heavy atom. The molecule has 0 unspecified atom stereocenters. The molecular weight excluding hydrogens is 356 g/mol. The molecule has 6 heteroatoms. The average Bonchev–Trinajstić information content (AvgIpc) is 3.19. The molecule has 3 aromatic rings. The normalized spacial score (nSPS) is 15.3. The van der Waals surface area contributed by atoms with E-state index in [0.717, 1.165) is 48.5 Å². The van der Waals surface area contributed by atoms with E-state index in [-0.39, 0.29) is 11.8 Å². The van der Waals surface area contributed by atoms with E-state index in [4.69, 9.17) is 9.97 Å². The minimum atomic E-state index is 0.0729. The number of hydrogen-bond donors (Lipinski definition) is 1. The molecule has 1 aliphatic heterocycles. The van der Waals surface area contributed by atoms with Crippen molar-refractivity contribution in [3.05, 3.63) is 51.8 Å². The van der Waals surface area contributed by atoms with Crippen molar-refractivity contribution < 1.29 is 4.79 Å². The largest absolute Gasteiger partial charge is 0.352 e. The summed E-state index contributed by atoms with van der Waals surface area (Å²) in [6.07, 6.45) is 1.67. The highest BCUT2D eigenvalue weighted by Crippen LogP contribution is 2.24. The fraction of sp³-hybridized carbons (Fsp3) is 0.381. The Balaban J connectivity index is 1.40. The van der Waals surface area contributed by atoms with Crippen LogP contribution in [0.25, 0.3) is 10.9 Å². The summed E-state index contributed by atoms with van der Waals surface area (Å²) in [5, 5.41) is 8.28. The van der Waals surface area contributed by atoms with Crippen LogP contribution in [-0.2, 0) is 11.3 Å². The van der Waals surface area contributed by atoms with Crippen LogP contribution >= 0.6 is 11.3 Å². The molecule has 1 N–H and O–H groups in total. The van der Waals surface area contributed by atoms with E-state index < -0.39 is 0 Å². The van der Waals surface area contributed by atoms with Gasteiger partial charge in [-0.2, -0.15) is 11.3 Å². The van der Waals surface area contributed by atoms with E-state index in [1.165, 1.54) is 11.1 Å². The van der Waals surface area contributed by atoms with E-state index in [1.807, 2.05) is 12.3 Å². The van der Waals surface area contributed by atoms with Crippen LogP contribution in [0.5, 0.6) is 0 Å². The van der Waals surface area contributed by atoms with Crippen molar-refractivity contribution in [3.63, 3.8) is 0 Å². The molecule has 1 saturated heterocycles. The van der Waals surface area contributed by atoms with Gasteiger partial charge in [-0.3, -0.25) is 4.79 Å². The molecule has 140 valence electrons. The van der Waals surface area contributed by atoms with Crippen molar-refractivity contribution in [2.24, 2.45) is 5.92 Å². The summed E-state index contributed by atoms with van der Waals surface area (Å²) in [5.41, 5.74) is 4.37. The Morgan fingerprint density at radius 2 is 2.04 bits per heavy atom. The predicted molar refractivity (Wildman–Crippen MR) is 110 cm³/mol. The Morgan fingerprint density at radius 1 is 1.22 bits per heavy atom. The molecular formula is C21H24N4OS. The fourth-order valence-electron chi connectivity index (χ4n) is 3.59. The molecule has 0 radical (unpaired) electrons. The van der Waals surface area contributed by atoms with Crippen molar-refractivity contribution in [1.29, 1.82) is 0 Å². The van der Waals surface area contributed by atoms with Crippen molar-refractivity contribution in [2.75, 3.05) is 18.0 Å². The van der Waals surface area contributed by atoms with Gasteiger partial charge in [0.2, 0.25) is 11.9 Å². The molecule has 1 amide bonds. The number of carbonyl (C=O) groups is 1. The quantitative estimate of drug-likeness (QED) is 0.747. The zero-order chi connectivity index (χ0) is 18.8. The maximum absolute atomic E-state index is 12.4. The molecule has 2 aromatic heterocycles. The maximum Gasteiger partial charge on any atom is 0.226 e. The summed E-state index contributed by atoms with van der Waals surface area (Å²) in [7, 11) is 0. The number of benzene rings is 1. The van der Waals surface area contributed by atoms with Gasteiger partial charge in [0.1, 0.15) is 0 Å². The van der Waals surface area contributed by atoms with Gasteiger partial charge >= 0.3 is 0 Å². The second-order valence-electron chi connectivity index (χ2n) is 7.24. The van der Waals surface area contributed by atoms with Gasteiger partial charge in [0.15, 0.2) is 0 Å². The van der Waals surface area contributed by atoms with E-state index in [2.05, 4.69) is 46.8 Å². The van der Waals surface area contributed by atoms with E-state index >= 15 is 0 Å². The first-order valence-corrected chi connectivity index (χ1v) is 10.3. The second kappa shape index (κ2) is 7.64. The van der Waals surface area contributed by atoms with Crippen LogP contribution in [0.4, 0.5) is 5.95 Å². The molecule has 0 spiro atoms. The van der Waals surface area contributed by atoms with Gasteiger partial charge in [-0.1, -0.05) is 12.1 Å². The summed E-state index contributed by atoms with van der Waals surface area (Å²) in [4.78, 5) is 24.1. The maximum atomic E-state index is 12.4. The number of aryl methyl sites for hydroxylation is 2. The second-order valence-corrected chi connectivity index (χ2v) is 8.02. The summed E-state index contributed by atoms with van der Waals surface area (Å²) in [5.74, 6) is 1.01. The van der Waals surface area contributed by atoms with E-state index in [1.54, 1.807) is 11.3 Å². The highest BCUT2D eigenvalue weighted by Gasteiger charge is 2.26. The number of hydrogen-bond acceptors (Lipinski definition) is 5. The Bertz CT molecular complexity index is 946. The van der Waals surface area contributed by atoms with Gasteiger partial charge < -0.3 is 10.2 Å². The Hall–Kier alpha value is -2.47. The summed E-state index contributed by atoms with van der Waals surface area (Å²) >= 11 is 1.66. The first kappa shape index (κ1) is 17.9. The zero-order valence-corrected chi connectivity index (χ0v) is 16.6. The van der Waals surface area contributed by atoms with Crippen LogP contribution < -0.4 is 10.2 Å². The highest BCUT2D eigenvalue weighted by molar-refractivity contribution is 7.07. The molecule has 0 bridgehead atoms. The fourth-order valence-corrected chi connectivity index (χ4v) is 4.26. The minimum Gasteiger partial charge on any atom is -0.352 e. The third kappa shape index (κ3) is 3.95. The summed E-state index contributed by atoms with van der Waals surface area (Å²) in [6.45, 7) is 6.36. The van der Waals surface area contributed by atoms with Crippen molar-refractivity contribution in [2.45, 2.75) is 33.2 Å². The number of thiophene rings is 1. The summed E-state index contributed by atoms with van der Waals surface area (Å²) in [6, 6.07) is 8.35. The lowest BCUT2D eigenvalue weighted by Crippen LogP contribution is -2.41. The van der Waals surface area contributed by atoms with Gasteiger partial charge in [0, 0.05) is 30.9 Å². The van der Waals surface area contributed by atoms with Gasteiger partial charge in [-0.05, 0) is 60.7 Å². The number of nitrogens with zero attached hydrogens (tertiary/aromatic N) is 3. The monoisotopic (exact) mass is 380 g/mol. The zero-order valence-electron chi connectivity index (χ0n) is 15.7. The van der Waals surface area contributed by atoms with E-state index in [0.29, 0.717) is 6.54 Å². The third-order valence-corrected chi connectivity index (χ3v) is 5.96. The SMILES string of the molecule is Cc1ccc2c(C)nc(N3CCC(C(=O)NCc4ccsc4)CC3)nc2c1. The number of piperidine rings is 1. The van der Waals surface area contributed by atoms with Crippen molar-refractivity contribution >= 4 is 34.1 Å². The topological polar surface area (TPSA) is 58.1 Å². The van der Waals surface area contributed by atoms with Gasteiger partial charge in [0.05, 0.1) is 11.2 Å². The molecule has 5 nitrogen and oxygen atoms in total. The summed E-state index contributed by atoms with van der Waals surface area (Å²) < 4.78 is 0. The van der Waals surface area contributed by atoms with Crippen LogP contribution in [0.15, 0.2) is 35.0 Å². The molecule has 27 heavy (non-hydrogen) atoms. The smallest absolute Gasteiger partial charge is 0.226 e. The van der Waals surface area contributed by atoms with Gasteiger partial charge in [-0.25, -0.2) is 9.97 Å². The van der Waals surface area contributed by atoms with Crippen LogP contribution in [0.2, 0.25) is 0 Å². The number of amides is 1. The first-order valence-electron chi connectivity index (χ1n) is 9.39. The highest BCUT2D eigenvalue weighted by atomic mass is 32.1. The molecule has 0 atom stereocenters. The molecule has 0 saturated carbocycles. The number of rotatable bonds is 4.